The average Bonchev–Trinajstić information content (AvgIpc) is 2.75. The van der Waals surface area contributed by atoms with Crippen molar-refractivity contribution in [3.05, 3.63) is 11.6 Å². The molecule has 0 spiro atoms. The molecule has 5 aliphatic rings. The fraction of sp³-hybridized carbons (Fsp3) is 0.900. The molecule has 4 saturated carbocycles. The van der Waals surface area contributed by atoms with Gasteiger partial charge in [0.25, 0.3) is 0 Å². The summed E-state index contributed by atoms with van der Waals surface area (Å²) < 4.78 is 0. The number of hydrogen-bond donors (Lipinski definition) is 3. The number of carboxylic acid groups (broad SMARTS) is 1. The highest BCUT2D eigenvalue weighted by Crippen LogP contribution is 2.75. The molecule has 34 heavy (non-hydrogen) atoms. The molecule has 4 nitrogen and oxygen atoms in total. The summed E-state index contributed by atoms with van der Waals surface area (Å²) >= 11 is 0. The van der Waals surface area contributed by atoms with E-state index in [2.05, 4.69) is 54.5 Å². The zero-order valence-electron chi connectivity index (χ0n) is 22.5. The first kappa shape index (κ1) is 24.8. The molecule has 0 bridgehead atoms. The number of aliphatic carboxylic acids is 1. The molecule has 0 heterocycles. The van der Waals surface area contributed by atoms with Crippen LogP contribution in [0.2, 0.25) is 0 Å². The lowest BCUT2D eigenvalue weighted by molar-refractivity contribution is -0.232. The van der Waals surface area contributed by atoms with Crippen LogP contribution in [0.15, 0.2) is 11.6 Å². The topological polar surface area (TPSA) is 77.8 Å². The van der Waals surface area contributed by atoms with Crippen molar-refractivity contribution in [1.82, 2.24) is 0 Å². The summed E-state index contributed by atoms with van der Waals surface area (Å²) in [6.07, 6.45) is 8.53. The Labute approximate surface area is 206 Å². The van der Waals surface area contributed by atoms with Crippen LogP contribution >= 0.6 is 0 Å². The SMILES string of the molecule is C[C@H]1[C@H](C)CC[C@]2(C(=O)O)CC[C@]3(C)C(=CCC4[C@@]5(C)C[C@@H](O)[C@@H](O)C(C)(C)[C@@H]5CC[C@]43C)[C@H]12. The largest absolute Gasteiger partial charge is 0.481 e. The minimum Gasteiger partial charge on any atom is -0.481 e. The minimum atomic E-state index is -0.679. The number of carbonyl (C=O) groups is 1. The van der Waals surface area contributed by atoms with Crippen LogP contribution in [-0.2, 0) is 4.79 Å². The summed E-state index contributed by atoms with van der Waals surface area (Å²) in [6, 6.07) is 0. The Hall–Kier alpha value is -0.870. The molecule has 5 aliphatic carbocycles. The van der Waals surface area contributed by atoms with Crippen molar-refractivity contribution in [2.45, 2.75) is 112 Å². The monoisotopic (exact) mass is 472 g/mol. The zero-order chi connectivity index (χ0) is 25.1. The smallest absolute Gasteiger partial charge is 0.310 e. The molecule has 4 heteroatoms. The minimum absolute atomic E-state index is 0.00993. The lowest BCUT2D eigenvalue weighted by Crippen LogP contribution is -2.67. The van der Waals surface area contributed by atoms with Gasteiger partial charge in [0.2, 0.25) is 0 Å². The van der Waals surface area contributed by atoms with E-state index in [1.165, 1.54) is 5.57 Å². The molecule has 0 aromatic heterocycles. The second-order valence-electron chi connectivity index (χ2n) is 14.6. The van der Waals surface area contributed by atoms with Crippen LogP contribution < -0.4 is 0 Å². The quantitative estimate of drug-likeness (QED) is 0.405. The Balaban J connectivity index is 1.62. The van der Waals surface area contributed by atoms with E-state index in [1.807, 2.05) is 0 Å². The third-order valence-electron chi connectivity index (χ3n) is 13.4. The number of hydrogen-bond acceptors (Lipinski definition) is 3. The number of aliphatic hydroxyl groups is 2. The molecule has 192 valence electrons. The third kappa shape index (κ3) is 2.76. The number of allylic oxidation sites excluding steroid dienone is 2. The predicted octanol–water partition coefficient (Wildman–Crippen LogP) is 6.06. The summed E-state index contributed by atoms with van der Waals surface area (Å²) in [5, 5.41) is 32.4. The van der Waals surface area contributed by atoms with Crippen LogP contribution in [0.4, 0.5) is 0 Å². The van der Waals surface area contributed by atoms with E-state index in [1.54, 1.807) is 0 Å². The first-order valence-corrected chi connectivity index (χ1v) is 14.0. The van der Waals surface area contributed by atoms with Gasteiger partial charge in [0.15, 0.2) is 0 Å². The Morgan fingerprint density at radius 1 is 0.941 bits per heavy atom. The molecule has 4 fully saturated rings. The van der Waals surface area contributed by atoms with E-state index in [-0.39, 0.29) is 27.6 Å². The van der Waals surface area contributed by atoms with E-state index < -0.39 is 23.6 Å². The molecule has 0 amide bonds. The molecule has 5 rings (SSSR count). The summed E-state index contributed by atoms with van der Waals surface area (Å²) in [7, 11) is 0. The maximum Gasteiger partial charge on any atom is 0.310 e. The normalized spacial score (nSPS) is 56.3. The van der Waals surface area contributed by atoms with Crippen LogP contribution in [0.25, 0.3) is 0 Å². The summed E-state index contributed by atoms with van der Waals surface area (Å²) in [5.41, 5.74) is 0.574. The van der Waals surface area contributed by atoms with E-state index in [0.29, 0.717) is 30.1 Å². The number of rotatable bonds is 1. The van der Waals surface area contributed by atoms with Crippen molar-refractivity contribution in [3.8, 4) is 0 Å². The second-order valence-corrected chi connectivity index (χ2v) is 14.6. The van der Waals surface area contributed by atoms with Gasteiger partial charge in [-0.3, -0.25) is 4.79 Å². The van der Waals surface area contributed by atoms with Crippen molar-refractivity contribution in [3.63, 3.8) is 0 Å². The fourth-order valence-electron chi connectivity index (χ4n) is 11.0. The molecule has 3 N–H and O–H groups in total. The van der Waals surface area contributed by atoms with Gasteiger partial charge in [0.05, 0.1) is 17.6 Å². The Morgan fingerprint density at radius 2 is 1.62 bits per heavy atom. The number of carboxylic acids is 1. The standard InChI is InChI=1S/C30H48O4/c1-17-10-13-30(25(33)34)15-14-28(6)19(23(30)18(17)2)8-9-22-27(5)16-20(31)24(32)26(3,4)21(27)11-12-29(22,28)7/h8,17-18,20-24,31-32H,9-16H2,1-7H3,(H,33,34)/t17-,18+,20-,21+,22?,23+,24-,27+,28-,29-,30+/m1/s1. The van der Waals surface area contributed by atoms with Crippen molar-refractivity contribution in [2.24, 2.45) is 56.7 Å². The van der Waals surface area contributed by atoms with Gasteiger partial charge in [0.1, 0.15) is 0 Å². The molecular formula is C30H48O4. The van der Waals surface area contributed by atoms with Crippen molar-refractivity contribution < 1.29 is 20.1 Å². The molecule has 11 atom stereocenters. The Bertz CT molecular complexity index is 907. The van der Waals surface area contributed by atoms with E-state index in [4.69, 9.17) is 0 Å². The maximum absolute atomic E-state index is 12.8. The molecule has 0 saturated heterocycles. The Morgan fingerprint density at radius 3 is 2.26 bits per heavy atom. The van der Waals surface area contributed by atoms with Crippen LogP contribution in [0.1, 0.15) is 99.8 Å². The fourth-order valence-corrected chi connectivity index (χ4v) is 11.0. The molecule has 0 radical (unpaired) electrons. The van der Waals surface area contributed by atoms with Gasteiger partial charge < -0.3 is 15.3 Å². The molecular weight excluding hydrogens is 424 g/mol. The highest BCUT2D eigenvalue weighted by molar-refractivity contribution is 5.76. The van der Waals surface area contributed by atoms with Crippen molar-refractivity contribution >= 4 is 5.97 Å². The summed E-state index contributed by atoms with van der Waals surface area (Å²) in [5.74, 6) is 1.30. The van der Waals surface area contributed by atoms with Crippen molar-refractivity contribution in [2.75, 3.05) is 0 Å². The highest BCUT2D eigenvalue weighted by Gasteiger charge is 2.70. The van der Waals surface area contributed by atoms with Gasteiger partial charge in [-0.2, -0.15) is 0 Å². The second kappa shape index (κ2) is 7.34. The van der Waals surface area contributed by atoms with Crippen LogP contribution in [0, 0.1) is 56.7 Å². The van der Waals surface area contributed by atoms with E-state index in [9.17, 15) is 20.1 Å². The van der Waals surface area contributed by atoms with Gasteiger partial charge in [-0.15, -0.1) is 0 Å². The van der Waals surface area contributed by atoms with Crippen LogP contribution in [0.3, 0.4) is 0 Å². The van der Waals surface area contributed by atoms with Crippen LogP contribution in [-0.4, -0.2) is 33.5 Å². The van der Waals surface area contributed by atoms with Crippen molar-refractivity contribution in [1.29, 1.82) is 0 Å². The predicted molar refractivity (Wildman–Crippen MR) is 134 cm³/mol. The van der Waals surface area contributed by atoms with Crippen LogP contribution in [0.5, 0.6) is 0 Å². The van der Waals surface area contributed by atoms with Gasteiger partial charge in [-0.25, -0.2) is 0 Å². The van der Waals surface area contributed by atoms with Gasteiger partial charge in [-0.05, 0) is 103 Å². The van der Waals surface area contributed by atoms with Gasteiger partial charge in [0, 0.05) is 0 Å². The number of aliphatic hydroxyl groups excluding tert-OH is 2. The molecule has 0 aliphatic heterocycles. The first-order chi connectivity index (χ1) is 15.7. The number of fused-ring (bicyclic) bond motifs is 7. The van der Waals surface area contributed by atoms with Gasteiger partial charge in [-0.1, -0.05) is 60.1 Å². The molecule has 1 unspecified atom stereocenters. The summed E-state index contributed by atoms with van der Waals surface area (Å²) in [6.45, 7) is 16.3. The lowest BCUT2D eigenvalue weighted by atomic mass is 9.33. The molecule has 0 aromatic carbocycles. The third-order valence-corrected chi connectivity index (χ3v) is 13.4. The molecule has 0 aromatic rings. The highest BCUT2D eigenvalue weighted by atomic mass is 16.4. The van der Waals surface area contributed by atoms with E-state index in [0.717, 1.165) is 44.9 Å². The Kier molecular flexibility index (Phi) is 5.36. The van der Waals surface area contributed by atoms with E-state index >= 15 is 0 Å². The average molecular weight is 473 g/mol. The zero-order valence-corrected chi connectivity index (χ0v) is 22.5. The summed E-state index contributed by atoms with van der Waals surface area (Å²) in [4.78, 5) is 12.8. The first-order valence-electron chi connectivity index (χ1n) is 14.0. The maximum atomic E-state index is 12.8. The lowest BCUT2D eigenvalue weighted by Gasteiger charge is -2.71. The van der Waals surface area contributed by atoms with Gasteiger partial charge >= 0.3 is 5.97 Å².